The van der Waals surface area contributed by atoms with Gasteiger partial charge in [-0.05, 0) is 42.8 Å². The molecule has 0 spiro atoms. The zero-order valence-electron chi connectivity index (χ0n) is 13.2. The van der Waals surface area contributed by atoms with Gasteiger partial charge in [-0.2, -0.15) is 5.10 Å². The predicted octanol–water partition coefficient (Wildman–Crippen LogP) is 2.48. The number of fused-ring (bicyclic) bond motifs is 1. The Morgan fingerprint density at radius 1 is 1.29 bits per heavy atom. The molecule has 6 nitrogen and oxygen atoms in total. The summed E-state index contributed by atoms with van der Waals surface area (Å²) in [5, 5.41) is 8.19. The van der Waals surface area contributed by atoms with E-state index >= 15 is 0 Å². The lowest BCUT2D eigenvalue weighted by Gasteiger charge is -2.12. The number of hydrogen-bond donors (Lipinski definition) is 2. The molecule has 3 rings (SSSR count). The molecular formula is C16H20ClN3O3S. The van der Waals surface area contributed by atoms with Gasteiger partial charge >= 0.3 is 0 Å². The summed E-state index contributed by atoms with van der Waals surface area (Å²) < 4.78 is 16.8. The van der Waals surface area contributed by atoms with Gasteiger partial charge in [0.1, 0.15) is 0 Å². The second-order valence-electron chi connectivity index (χ2n) is 5.60. The summed E-state index contributed by atoms with van der Waals surface area (Å²) in [6.07, 6.45) is 4.87. The molecule has 1 aromatic carbocycles. The van der Waals surface area contributed by atoms with Crippen molar-refractivity contribution in [1.29, 1.82) is 0 Å². The van der Waals surface area contributed by atoms with Crippen LogP contribution in [0.5, 0.6) is 11.5 Å². The molecule has 1 aromatic rings. The summed E-state index contributed by atoms with van der Waals surface area (Å²) in [5.41, 5.74) is 3.59. The van der Waals surface area contributed by atoms with Crippen molar-refractivity contribution in [1.82, 2.24) is 10.7 Å². The summed E-state index contributed by atoms with van der Waals surface area (Å²) in [6, 6.07) is 3.63. The molecule has 0 radical (unpaired) electrons. The summed E-state index contributed by atoms with van der Waals surface area (Å²) in [6.45, 7) is 2.73. The van der Waals surface area contributed by atoms with E-state index in [9.17, 15) is 0 Å². The van der Waals surface area contributed by atoms with Crippen LogP contribution in [0, 0.1) is 0 Å². The average Bonchev–Trinajstić information content (AvgIpc) is 2.97. The Hall–Kier alpha value is -1.57. The van der Waals surface area contributed by atoms with Gasteiger partial charge in [0.25, 0.3) is 0 Å². The van der Waals surface area contributed by atoms with Gasteiger partial charge in [0.15, 0.2) is 16.6 Å². The highest BCUT2D eigenvalue weighted by molar-refractivity contribution is 7.80. The molecule has 24 heavy (non-hydrogen) atoms. The average molecular weight is 370 g/mol. The lowest BCUT2D eigenvalue weighted by Crippen LogP contribution is -2.37. The van der Waals surface area contributed by atoms with Gasteiger partial charge < -0.3 is 19.5 Å². The number of ether oxygens (including phenoxy) is 3. The summed E-state index contributed by atoms with van der Waals surface area (Å²) in [7, 11) is 0. The van der Waals surface area contributed by atoms with E-state index in [0.29, 0.717) is 41.4 Å². The fourth-order valence-electron chi connectivity index (χ4n) is 2.54. The van der Waals surface area contributed by atoms with Crippen molar-refractivity contribution in [3.8, 4) is 11.5 Å². The van der Waals surface area contributed by atoms with Crippen LogP contribution in [0.2, 0.25) is 5.02 Å². The van der Waals surface area contributed by atoms with E-state index in [1.54, 1.807) is 12.3 Å². The predicted molar refractivity (Wildman–Crippen MR) is 97.4 cm³/mol. The number of nitrogens with zero attached hydrogens (tertiary/aromatic N) is 1. The molecule has 0 saturated carbocycles. The molecule has 1 fully saturated rings. The maximum absolute atomic E-state index is 6.24. The third kappa shape index (κ3) is 4.72. The van der Waals surface area contributed by atoms with E-state index in [2.05, 4.69) is 15.8 Å². The van der Waals surface area contributed by atoms with Crippen molar-refractivity contribution < 1.29 is 14.2 Å². The quantitative estimate of drug-likeness (QED) is 0.483. The fourth-order valence-corrected chi connectivity index (χ4v) is 2.95. The van der Waals surface area contributed by atoms with Crippen molar-refractivity contribution in [3.63, 3.8) is 0 Å². The molecule has 2 aliphatic rings. The first-order valence-electron chi connectivity index (χ1n) is 8.00. The molecule has 2 aliphatic heterocycles. The maximum atomic E-state index is 6.24. The Balaban J connectivity index is 1.53. The van der Waals surface area contributed by atoms with E-state index in [4.69, 9.17) is 38.0 Å². The van der Waals surface area contributed by atoms with Gasteiger partial charge in [-0.25, -0.2) is 0 Å². The highest BCUT2D eigenvalue weighted by Crippen LogP contribution is 2.37. The lowest BCUT2D eigenvalue weighted by atomic mass is 10.2. The van der Waals surface area contributed by atoms with Gasteiger partial charge in [-0.3, -0.25) is 5.43 Å². The molecule has 0 aromatic heterocycles. The summed E-state index contributed by atoms with van der Waals surface area (Å²) in [5.74, 6) is 1.23. The molecule has 8 heteroatoms. The Kier molecular flexibility index (Phi) is 6.12. The third-order valence-electron chi connectivity index (χ3n) is 3.72. The smallest absolute Gasteiger partial charge is 0.187 e. The number of nitrogens with one attached hydrogen (secondary N) is 2. The number of rotatable bonds is 4. The molecule has 0 bridgehead atoms. The number of hydrazone groups is 1. The SMILES string of the molecule is S=C(NC[C@@H]1CCCO1)N/N=C\c1cc(Cl)c2c(c1)OCCCO2. The third-order valence-corrected chi connectivity index (χ3v) is 4.23. The second-order valence-corrected chi connectivity index (χ2v) is 6.41. The summed E-state index contributed by atoms with van der Waals surface area (Å²) >= 11 is 11.4. The Labute approximate surface area is 151 Å². The Morgan fingerprint density at radius 2 is 2.17 bits per heavy atom. The summed E-state index contributed by atoms with van der Waals surface area (Å²) in [4.78, 5) is 0. The van der Waals surface area contributed by atoms with Gasteiger partial charge in [0, 0.05) is 19.6 Å². The largest absolute Gasteiger partial charge is 0.489 e. The number of thiocarbonyl (C=S) groups is 1. The first-order valence-corrected chi connectivity index (χ1v) is 8.78. The van der Waals surface area contributed by atoms with E-state index in [1.807, 2.05) is 6.07 Å². The van der Waals surface area contributed by atoms with E-state index in [1.165, 1.54) is 0 Å². The van der Waals surface area contributed by atoms with Crippen LogP contribution >= 0.6 is 23.8 Å². The molecule has 0 amide bonds. The van der Waals surface area contributed by atoms with Gasteiger partial charge in [0.05, 0.1) is 30.6 Å². The van der Waals surface area contributed by atoms with Crippen LogP contribution in [0.15, 0.2) is 17.2 Å². The Bertz CT molecular complexity index is 621. The van der Waals surface area contributed by atoms with E-state index in [-0.39, 0.29) is 6.10 Å². The molecule has 1 saturated heterocycles. The van der Waals surface area contributed by atoms with Crippen LogP contribution in [-0.2, 0) is 4.74 Å². The topological polar surface area (TPSA) is 64.1 Å². The fraction of sp³-hybridized carbons (Fsp3) is 0.500. The minimum Gasteiger partial charge on any atom is -0.489 e. The van der Waals surface area contributed by atoms with Crippen LogP contribution in [0.25, 0.3) is 0 Å². The van der Waals surface area contributed by atoms with Crippen molar-refractivity contribution in [2.45, 2.75) is 25.4 Å². The molecule has 130 valence electrons. The molecule has 1 atom stereocenters. The normalized spacial score (nSPS) is 20.0. The number of benzene rings is 1. The second kappa shape index (κ2) is 8.50. The first kappa shape index (κ1) is 17.3. The molecular weight excluding hydrogens is 350 g/mol. The molecule has 0 aliphatic carbocycles. The number of hydrogen-bond acceptors (Lipinski definition) is 5. The molecule has 0 unspecified atom stereocenters. The Morgan fingerprint density at radius 3 is 3.00 bits per heavy atom. The standard InChI is InChI=1S/C16H20ClN3O3S/c17-13-7-11(8-14-15(13)23-6-2-5-22-14)9-19-20-16(24)18-10-12-3-1-4-21-12/h7-9,12H,1-6,10H2,(H2,18,20,24)/b19-9-/t12-/m0/s1. The zero-order valence-corrected chi connectivity index (χ0v) is 14.8. The van der Waals surface area contributed by atoms with Gasteiger partial charge in [0.2, 0.25) is 0 Å². The van der Waals surface area contributed by atoms with Crippen LogP contribution in [0.1, 0.15) is 24.8 Å². The van der Waals surface area contributed by atoms with Crippen molar-refractivity contribution >= 4 is 35.1 Å². The van der Waals surface area contributed by atoms with Crippen LogP contribution in [0.3, 0.4) is 0 Å². The van der Waals surface area contributed by atoms with E-state index in [0.717, 1.165) is 31.4 Å². The first-order chi connectivity index (χ1) is 11.7. The van der Waals surface area contributed by atoms with Gasteiger partial charge in [-0.1, -0.05) is 11.6 Å². The maximum Gasteiger partial charge on any atom is 0.187 e. The monoisotopic (exact) mass is 369 g/mol. The van der Waals surface area contributed by atoms with Crippen molar-refractivity contribution in [2.24, 2.45) is 5.10 Å². The van der Waals surface area contributed by atoms with Crippen molar-refractivity contribution in [3.05, 3.63) is 22.7 Å². The van der Waals surface area contributed by atoms with Crippen LogP contribution in [-0.4, -0.2) is 43.8 Å². The van der Waals surface area contributed by atoms with Crippen LogP contribution in [0.4, 0.5) is 0 Å². The highest BCUT2D eigenvalue weighted by atomic mass is 35.5. The molecule has 2 heterocycles. The minimum atomic E-state index is 0.231. The minimum absolute atomic E-state index is 0.231. The van der Waals surface area contributed by atoms with Crippen LogP contribution < -0.4 is 20.2 Å². The zero-order chi connectivity index (χ0) is 16.8. The van der Waals surface area contributed by atoms with Crippen molar-refractivity contribution in [2.75, 3.05) is 26.4 Å². The highest BCUT2D eigenvalue weighted by Gasteiger charge is 2.16. The van der Waals surface area contributed by atoms with Gasteiger partial charge in [-0.15, -0.1) is 0 Å². The number of halogens is 1. The lowest BCUT2D eigenvalue weighted by molar-refractivity contribution is 0.114. The molecule has 2 N–H and O–H groups in total. The van der Waals surface area contributed by atoms with E-state index < -0.39 is 0 Å².